The van der Waals surface area contributed by atoms with E-state index in [0.717, 1.165) is 0 Å². The van der Waals surface area contributed by atoms with Gasteiger partial charge in [-0.1, -0.05) is 13.8 Å². The van der Waals surface area contributed by atoms with Crippen molar-refractivity contribution in [2.24, 2.45) is 5.92 Å². The molecule has 0 aliphatic carbocycles. The zero-order chi connectivity index (χ0) is 22.9. The zero-order valence-corrected chi connectivity index (χ0v) is 17.3. The average molecular weight is 437 g/mol. The van der Waals surface area contributed by atoms with Gasteiger partial charge in [0.1, 0.15) is 6.10 Å². The first-order chi connectivity index (χ1) is 14.6. The third-order valence-corrected chi connectivity index (χ3v) is 4.54. The van der Waals surface area contributed by atoms with Gasteiger partial charge in [0.25, 0.3) is 5.56 Å². The Morgan fingerprint density at radius 3 is 2.48 bits per heavy atom. The highest BCUT2D eigenvalue weighted by atomic mass is 16.6. The average Bonchev–Trinajstić information content (AvgIpc) is 3.23. The van der Waals surface area contributed by atoms with Crippen molar-refractivity contribution in [3.05, 3.63) is 16.7 Å². The fourth-order valence-corrected chi connectivity index (χ4v) is 3.16. The van der Waals surface area contributed by atoms with Crippen LogP contribution in [0.3, 0.4) is 0 Å². The van der Waals surface area contributed by atoms with E-state index >= 15 is 0 Å². The number of hydrogen-bond donors (Lipinski definition) is 3. The number of nitrogens with one attached hydrogen (secondary N) is 2. The van der Waals surface area contributed by atoms with Crippen LogP contribution in [0.5, 0.6) is 0 Å². The Kier molecular flexibility index (Phi) is 6.36. The van der Waals surface area contributed by atoms with E-state index in [2.05, 4.69) is 20.3 Å². The maximum absolute atomic E-state index is 12.4. The molecule has 3 heterocycles. The number of rotatable bonds is 6. The van der Waals surface area contributed by atoms with Crippen molar-refractivity contribution in [2.75, 3.05) is 11.9 Å². The summed E-state index contributed by atoms with van der Waals surface area (Å²) in [6, 6.07) is 0. The molecule has 2 aromatic heterocycles. The van der Waals surface area contributed by atoms with E-state index in [4.69, 9.17) is 14.2 Å². The summed E-state index contributed by atoms with van der Waals surface area (Å²) in [7, 11) is 0. The van der Waals surface area contributed by atoms with Crippen LogP contribution >= 0.6 is 0 Å². The molecule has 13 nitrogen and oxygen atoms in total. The predicted molar refractivity (Wildman–Crippen MR) is 104 cm³/mol. The molecule has 4 atom stereocenters. The molecule has 2 aromatic rings. The monoisotopic (exact) mass is 437 g/mol. The van der Waals surface area contributed by atoms with Crippen LogP contribution in [0.4, 0.5) is 5.95 Å². The first kappa shape index (κ1) is 22.4. The van der Waals surface area contributed by atoms with E-state index in [-0.39, 0.29) is 28.9 Å². The van der Waals surface area contributed by atoms with E-state index in [1.54, 1.807) is 13.8 Å². The molecule has 31 heavy (non-hydrogen) atoms. The van der Waals surface area contributed by atoms with Crippen LogP contribution in [0.25, 0.3) is 11.2 Å². The van der Waals surface area contributed by atoms with E-state index in [0.29, 0.717) is 0 Å². The summed E-state index contributed by atoms with van der Waals surface area (Å²) >= 11 is 0. The van der Waals surface area contributed by atoms with E-state index in [1.165, 1.54) is 24.7 Å². The lowest BCUT2D eigenvalue weighted by Crippen LogP contribution is -2.40. The number of fused-ring (bicyclic) bond motifs is 1. The van der Waals surface area contributed by atoms with Gasteiger partial charge in [0.2, 0.25) is 11.9 Å². The number of aliphatic hydroxyl groups is 1. The van der Waals surface area contributed by atoms with Gasteiger partial charge in [-0.05, 0) is 0 Å². The first-order valence-electron chi connectivity index (χ1n) is 9.50. The second kappa shape index (κ2) is 8.81. The molecule has 1 fully saturated rings. The lowest BCUT2D eigenvalue weighted by Gasteiger charge is -2.23. The summed E-state index contributed by atoms with van der Waals surface area (Å²) < 4.78 is 17.6. The van der Waals surface area contributed by atoms with Gasteiger partial charge >= 0.3 is 11.9 Å². The van der Waals surface area contributed by atoms with Crippen molar-refractivity contribution in [1.29, 1.82) is 0 Å². The van der Waals surface area contributed by atoms with Gasteiger partial charge in [-0.25, -0.2) is 4.98 Å². The number of aromatic nitrogens is 4. The molecule has 13 heteroatoms. The summed E-state index contributed by atoms with van der Waals surface area (Å²) in [5.74, 6) is -2.15. The Bertz CT molecular complexity index is 1060. The number of anilines is 1. The third kappa shape index (κ3) is 4.56. The first-order valence-corrected chi connectivity index (χ1v) is 9.50. The lowest BCUT2D eigenvalue weighted by atomic mass is 10.1. The molecule has 1 aliphatic rings. The number of H-pyrrole nitrogens is 1. The molecule has 0 bridgehead atoms. The van der Waals surface area contributed by atoms with Crippen LogP contribution in [0.1, 0.15) is 33.9 Å². The number of nitrogens with zero attached hydrogens (tertiary/aromatic N) is 3. The number of ether oxygens (including phenoxy) is 3. The number of hydrogen-bond acceptors (Lipinski definition) is 10. The van der Waals surface area contributed by atoms with E-state index in [9.17, 15) is 24.3 Å². The predicted octanol–water partition coefficient (Wildman–Crippen LogP) is -0.533. The molecule has 3 rings (SSSR count). The van der Waals surface area contributed by atoms with Crippen molar-refractivity contribution >= 4 is 35.0 Å². The highest BCUT2D eigenvalue weighted by Gasteiger charge is 2.50. The molecule has 0 aromatic carbocycles. The Morgan fingerprint density at radius 1 is 1.26 bits per heavy atom. The molecule has 1 amide bonds. The Morgan fingerprint density at radius 2 is 1.90 bits per heavy atom. The number of carbonyl (C=O) groups excluding carboxylic acids is 3. The number of aliphatic hydroxyl groups excluding tert-OH is 1. The quantitative estimate of drug-likeness (QED) is 0.498. The molecular weight excluding hydrogens is 414 g/mol. The minimum atomic E-state index is -1.15. The Hall–Kier alpha value is -3.32. The van der Waals surface area contributed by atoms with Crippen molar-refractivity contribution in [3.8, 4) is 0 Å². The molecule has 1 aliphatic heterocycles. The van der Waals surface area contributed by atoms with Crippen molar-refractivity contribution < 1.29 is 33.7 Å². The number of imidazole rings is 1. The lowest BCUT2D eigenvalue weighted by molar-refractivity contribution is -0.165. The summed E-state index contributed by atoms with van der Waals surface area (Å²) in [6.45, 7) is 5.17. The highest BCUT2D eigenvalue weighted by Crippen LogP contribution is 2.35. The molecule has 0 radical (unpaired) electrons. The normalized spacial score (nSPS) is 23.2. The highest BCUT2D eigenvalue weighted by molar-refractivity contribution is 5.91. The maximum Gasteiger partial charge on any atom is 0.303 e. The second-order valence-corrected chi connectivity index (χ2v) is 7.28. The van der Waals surface area contributed by atoms with E-state index in [1.807, 2.05) is 0 Å². The van der Waals surface area contributed by atoms with Gasteiger partial charge in [0.15, 0.2) is 29.6 Å². The summed E-state index contributed by atoms with van der Waals surface area (Å²) in [5.41, 5.74) is -0.630. The van der Waals surface area contributed by atoms with Gasteiger partial charge in [-0.3, -0.25) is 34.0 Å². The minimum Gasteiger partial charge on any atom is -0.456 e. The SMILES string of the molecule is CC(=O)O[C@@H]1[C@@H](OC(C)=O)[C@@H](CO)O[C@H]1n1cnc2c(=O)[nH]c(NC(=O)C(C)C)nc21. The van der Waals surface area contributed by atoms with Crippen LogP contribution in [-0.2, 0) is 28.6 Å². The number of esters is 2. The van der Waals surface area contributed by atoms with Gasteiger partial charge in [0, 0.05) is 19.8 Å². The van der Waals surface area contributed by atoms with Crippen LogP contribution in [0, 0.1) is 5.92 Å². The molecular formula is C18H23N5O8. The van der Waals surface area contributed by atoms with Crippen LogP contribution in [0.15, 0.2) is 11.1 Å². The second-order valence-electron chi connectivity index (χ2n) is 7.28. The van der Waals surface area contributed by atoms with Gasteiger partial charge in [-0.15, -0.1) is 0 Å². The van der Waals surface area contributed by atoms with Gasteiger partial charge in [0.05, 0.1) is 12.9 Å². The molecule has 1 saturated heterocycles. The summed E-state index contributed by atoms with van der Waals surface area (Å²) in [5, 5.41) is 12.2. The number of amides is 1. The minimum absolute atomic E-state index is 0.0325. The topological polar surface area (TPSA) is 175 Å². The molecule has 3 N–H and O–H groups in total. The van der Waals surface area contributed by atoms with Crippen LogP contribution in [0.2, 0.25) is 0 Å². The fraction of sp³-hybridized carbons (Fsp3) is 0.556. The summed E-state index contributed by atoms with van der Waals surface area (Å²) in [4.78, 5) is 58.3. The van der Waals surface area contributed by atoms with Gasteiger partial charge < -0.3 is 19.3 Å². The molecule has 0 unspecified atom stereocenters. The largest absolute Gasteiger partial charge is 0.456 e. The third-order valence-electron chi connectivity index (χ3n) is 4.54. The van der Waals surface area contributed by atoms with Crippen LogP contribution < -0.4 is 10.9 Å². The standard InChI is InChI=1S/C18H23N5O8/c1-7(2)15(27)21-18-20-14-11(16(28)22-18)19-6-23(14)17-13(30-9(4)26)12(29-8(3)25)10(5-24)31-17/h6-7,10,12-13,17,24H,5H2,1-4H3,(H2,20,21,22,27,28)/t10-,12+,13-,17-/m1/s1. The van der Waals surface area contributed by atoms with Crippen molar-refractivity contribution in [3.63, 3.8) is 0 Å². The van der Waals surface area contributed by atoms with Crippen molar-refractivity contribution in [1.82, 2.24) is 19.5 Å². The van der Waals surface area contributed by atoms with Crippen LogP contribution in [-0.4, -0.2) is 67.4 Å². The van der Waals surface area contributed by atoms with Crippen molar-refractivity contribution in [2.45, 2.75) is 52.2 Å². The Labute approximate surface area is 175 Å². The summed E-state index contributed by atoms with van der Waals surface area (Å²) in [6.07, 6.45) is -3.12. The zero-order valence-electron chi connectivity index (χ0n) is 17.3. The van der Waals surface area contributed by atoms with E-state index < -0.39 is 48.6 Å². The number of carbonyl (C=O) groups is 3. The Balaban J connectivity index is 2.06. The fourth-order valence-electron chi connectivity index (χ4n) is 3.16. The maximum atomic E-state index is 12.4. The molecule has 0 spiro atoms. The number of aromatic amines is 1. The smallest absolute Gasteiger partial charge is 0.303 e. The molecule has 0 saturated carbocycles. The molecule has 168 valence electrons. The van der Waals surface area contributed by atoms with Gasteiger partial charge in [-0.2, -0.15) is 4.98 Å².